The zero-order chi connectivity index (χ0) is 104. The van der Waals surface area contributed by atoms with Crippen molar-refractivity contribution in [1.29, 1.82) is 0 Å². The van der Waals surface area contributed by atoms with Crippen LogP contribution < -0.4 is 52.5 Å². The fraction of sp³-hybridized carbons (Fsp3) is 0.348. The van der Waals surface area contributed by atoms with Crippen molar-refractivity contribution < 1.29 is 56.1 Å². The van der Waals surface area contributed by atoms with Crippen LogP contribution in [0.25, 0.3) is 44.5 Å². The molecular formula is C112H123Cl5F3N17O9. The lowest BCUT2D eigenvalue weighted by Crippen LogP contribution is -2.51. The van der Waals surface area contributed by atoms with Gasteiger partial charge in [-0.05, 0) is 263 Å². The molecule has 146 heavy (non-hydrogen) atoms. The molecule has 0 aliphatic carbocycles. The smallest absolute Gasteiger partial charge is 0.253 e. The van der Waals surface area contributed by atoms with Crippen LogP contribution in [-0.4, -0.2) is 213 Å². The number of benzene rings is 8. The van der Waals surface area contributed by atoms with Crippen LogP contribution in [-0.2, 0) is 4.79 Å². The molecule has 34 heteroatoms. The van der Waals surface area contributed by atoms with Crippen LogP contribution in [0.4, 0.5) is 36.4 Å². The van der Waals surface area contributed by atoms with Gasteiger partial charge < -0.3 is 81.9 Å². The SMILES string of the molecule is CC(C)NC(=O)CN1CCN(C(=O)c2ccc(-c3cnc(N)c(OC(C)c4c(Cl)ccc(F)c4Cl)c3)cc2)CC1.CC(Oc1cc(-c2ccc(C(=O)N3CCC(N4CCCC4)CC3)cc2)cnc1N)c1ccccc1.CC(Oc1cc(-c2cccc(C(=O)N3CCNCC3)c2)cnc1N)c1c(Cl)ccc(F)c1Cl.Cc1ccc(F)c(C(C)Oc2cc(-c3ccc(C(=O)N4CCC(N5CCCC5)CC4)cc3)cnc2N)c1Cl. The molecule has 6 saturated heterocycles. The molecule has 6 aliphatic heterocycles. The molecule has 0 saturated carbocycles. The molecule has 6 aliphatic rings. The van der Waals surface area contributed by atoms with Gasteiger partial charge in [0.05, 0.1) is 21.6 Å². The Labute approximate surface area is 875 Å². The van der Waals surface area contributed by atoms with Gasteiger partial charge in [0.15, 0.2) is 46.3 Å². The van der Waals surface area contributed by atoms with Crippen LogP contribution in [0.1, 0.15) is 187 Å². The van der Waals surface area contributed by atoms with E-state index < -0.39 is 35.8 Å². The molecule has 4 aromatic heterocycles. The largest absolute Gasteiger partial charge is 0.482 e. The van der Waals surface area contributed by atoms with Gasteiger partial charge in [-0.2, -0.15) is 0 Å². The summed E-state index contributed by atoms with van der Waals surface area (Å²) in [6.07, 6.45) is 13.9. The van der Waals surface area contributed by atoms with Crippen LogP contribution in [0.5, 0.6) is 23.0 Å². The number of ether oxygens (including phenoxy) is 4. The number of likely N-dealkylation sites (tertiary alicyclic amines) is 4. The Bertz CT molecular complexity index is 6570. The third-order valence-corrected chi connectivity index (χ3v) is 29.2. The second-order valence-corrected chi connectivity index (χ2v) is 39.6. The summed E-state index contributed by atoms with van der Waals surface area (Å²) in [6.45, 7) is 26.5. The average molecular weight is 2090 g/mol. The number of nitrogens with one attached hydrogen (secondary N) is 2. The monoisotopic (exact) mass is 2080 g/mol. The van der Waals surface area contributed by atoms with E-state index in [0.29, 0.717) is 120 Å². The summed E-state index contributed by atoms with van der Waals surface area (Å²) in [5, 5.41) is 6.82. The third kappa shape index (κ3) is 27.1. The maximum Gasteiger partial charge on any atom is 0.253 e. The summed E-state index contributed by atoms with van der Waals surface area (Å²) in [5.74, 6) is 0.877. The fourth-order valence-electron chi connectivity index (χ4n) is 19.0. The van der Waals surface area contributed by atoms with Crippen molar-refractivity contribution in [2.75, 3.05) is 134 Å². The van der Waals surface area contributed by atoms with Gasteiger partial charge in [-0.15, -0.1) is 0 Å². The minimum atomic E-state index is -0.694. The lowest BCUT2D eigenvalue weighted by molar-refractivity contribution is -0.123. The molecule has 26 nitrogen and oxygen atoms in total. The van der Waals surface area contributed by atoms with Crippen molar-refractivity contribution >= 4 is 111 Å². The van der Waals surface area contributed by atoms with Gasteiger partial charge in [0.25, 0.3) is 23.6 Å². The highest BCUT2D eigenvalue weighted by molar-refractivity contribution is 6.37. The molecule has 18 rings (SSSR count). The highest BCUT2D eigenvalue weighted by Crippen LogP contribution is 2.43. The number of aryl methyl sites for hydroxylation is 1. The molecule has 12 aromatic rings. The lowest BCUT2D eigenvalue weighted by atomic mass is 10.0. The van der Waals surface area contributed by atoms with E-state index in [0.717, 1.165) is 126 Å². The zero-order valence-corrected chi connectivity index (χ0v) is 86.6. The van der Waals surface area contributed by atoms with Gasteiger partial charge in [0.1, 0.15) is 41.9 Å². The normalized spacial score (nSPS) is 16.2. The number of piperidine rings is 2. The number of hydrogen-bond donors (Lipinski definition) is 6. The molecule has 0 radical (unpaired) electrons. The zero-order valence-electron chi connectivity index (χ0n) is 82.9. The third-order valence-electron chi connectivity index (χ3n) is 27.2. The number of amides is 5. The van der Waals surface area contributed by atoms with E-state index in [1.54, 1.807) is 92.9 Å². The highest BCUT2D eigenvalue weighted by Gasteiger charge is 2.34. The van der Waals surface area contributed by atoms with Gasteiger partial charge >= 0.3 is 0 Å². The van der Waals surface area contributed by atoms with E-state index in [-0.39, 0.29) is 84.8 Å². The number of nitrogen functional groups attached to an aromatic ring is 4. The summed E-state index contributed by atoms with van der Waals surface area (Å²) in [6, 6.07) is 56.6. The van der Waals surface area contributed by atoms with Crippen LogP contribution >= 0.6 is 58.0 Å². The molecule has 5 amide bonds. The number of nitrogens with two attached hydrogens (primary N) is 4. The van der Waals surface area contributed by atoms with Crippen LogP contribution in [0.15, 0.2) is 213 Å². The van der Waals surface area contributed by atoms with E-state index in [2.05, 4.69) is 45.3 Å². The molecule has 766 valence electrons. The molecular weight excluding hydrogens is 1960 g/mol. The number of piperazine rings is 2. The van der Waals surface area contributed by atoms with Gasteiger partial charge in [0.2, 0.25) is 5.91 Å². The van der Waals surface area contributed by atoms with Gasteiger partial charge in [0, 0.05) is 193 Å². The average Bonchev–Trinajstić information content (AvgIpc) is 1.11. The Morgan fingerprint density at radius 2 is 0.726 bits per heavy atom. The Balaban J connectivity index is 0.000000146. The summed E-state index contributed by atoms with van der Waals surface area (Å²) in [7, 11) is 0. The molecule has 10 heterocycles. The second-order valence-electron chi connectivity index (χ2n) is 37.7. The molecule has 10 N–H and O–H groups in total. The Morgan fingerprint density at radius 1 is 0.370 bits per heavy atom. The van der Waals surface area contributed by atoms with Gasteiger partial charge in [-0.1, -0.05) is 143 Å². The Kier molecular flexibility index (Phi) is 36.8. The van der Waals surface area contributed by atoms with Crippen molar-refractivity contribution in [1.82, 2.24) is 64.9 Å². The number of aromatic nitrogens is 4. The highest BCUT2D eigenvalue weighted by atomic mass is 35.5. The fourth-order valence-corrected chi connectivity index (χ4v) is 20.7. The second kappa shape index (κ2) is 50.1. The Hall–Kier alpha value is -12.8. The van der Waals surface area contributed by atoms with Crippen molar-refractivity contribution in [3.8, 4) is 67.5 Å². The number of rotatable bonds is 25. The van der Waals surface area contributed by atoms with Crippen molar-refractivity contribution in [3.63, 3.8) is 0 Å². The predicted molar refractivity (Wildman–Crippen MR) is 572 cm³/mol. The summed E-state index contributed by atoms with van der Waals surface area (Å²) in [4.78, 5) is 96.2. The van der Waals surface area contributed by atoms with Gasteiger partial charge in [-0.3, -0.25) is 28.9 Å². The first-order chi connectivity index (χ1) is 70.3. The first-order valence-electron chi connectivity index (χ1n) is 49.5. The summed E-state index contributed by atoms with van der Waals surface area (Å²) >= 11 is 31.1. The molecule has 0 spiro atoms. The van der Waals surface area contributed by atoms with Crippen molar-refractivity contribution in [2.45, 2.75) is 142 Å². The number of halogens is 8. The predicted octanol–water partition coefficient (Wildman–Crippen LogP) is 21.6. The van der Waals surface area contributed by atoms with E-state index in [1.165, 1.54) is 82.2 Å². The van der Waals surface area contributed by atoms with E-state index >= 15 is 0 Å². The van der Waals surface area contributed by atoms with E-state index in [1.807, 2.05) is 158 Å². The number of nitrogens with zero attached hydrogens (tertiary/aromatic N) is 11. The minimum absolute atomic E-state index is 0.00732. The van der Waals surface area contributed by atoms with Crippen LogP contribution in [0.3, 0.4) is 0 Å². The summed E-state index contributed by atoms with van der Waals surface area (Å²) < 4.78 is 66.6. The number of pyridine rings is 4. The number of hydrogen-bond acceptors (Lipinski definition) is 21. The topological polar surface area (TPSA) is 325 Å². The van der Waals surface area contributed by atoms with Crippen LogP contribution in [0, 0.1) is 24.4 Å². The van der Waals surface area contributed by atoms with Gasteiger partial charge in [-0.25, -0.2) is 33.1 Å². The van der Waals surface area contributed by atoms with E-state index in [4.69, 9.17) is 99.9 Å². The quantitative estimate of drug-likeness (QED) is 0.0290. The molecule has 0 bridgehead atoms. The first kappa shape index (κ1) is 107. The number of carbonyl (C=O) groups is 5. The Morgan fingerprint density at radius 3 is 1.12 bits per heavy atom. The molecule has 4 atom stereocenters. The van der Waals surface area contributed by atoms with Crippen molar-refractivity contribution in [3.05, 3.63) is 305 Å². The lowest BCUT2D eigenvalue weighted by Gasteiger charge is -2.36. The standard InChI is InChI=1S/C30H34ClFN4O2.C29H32Cl2FN5O3.C29H34N4O2.C24H23Cl2FN4O2/c1-19-5-10-25(32)27(28(19)31)20(2)38-26-17-23(18-34-29(26)33)21-6-8-22(9-7-21)30(37)36-15-11-24(12-16-36)35-13-3-4-14-35;1-17(2)35-25(38)16-36-10-12-37(13-11-36)29(39)20-6-4-19(5-7-20)21-14-24(28(33)34-15-21)40-18(3)26-22(30)8-9-23(32)27(26)31;1-21(22-7-3-2-4-8-22)35-27-19-25(20-31-28(27)30)23-9-11-24(12-10-23)29(34)33-17-13-26(14-18-33)32-15-5-6-16-32;1-14(21-18(25)5-6-19(27)22(21)26)33-20-12-17(13-30-23(20)28)15-3-2-4-16(11-15)24(32)31-9-7-29-8-10-31/h5-10,17-18,20,24H,3-4,11-16H2,1-2H3,(H2,33,34);4-9,14-15,17-18H,10-13,16H2,1-3H3,(H2,33,34)(H,35,38);2-4,7-12,19-21,26H,5-6,13-18H2,1H3,(H2,30,31);2-6,11-14,29H,7-10H2,1H3,(H2,28,30). The molecule has 6 fully saturated rings. The summed E-state index contributed by atoms with van der Waals surface area (Å²) in [5.41, 5.74) is 36.2. The number of anilines is 4. The van der Waals surface area contributed by atoms with E-state index in [9.17, 15) is 37.1 Å². The minimum Gasteiger partial charge on any atom is -0.482 e. The van der Waals surface area contributed by atoms with Crippen molar-refractivity contribution in [2.24, 2.45) is 0 Å². The van der Waals surface area contributed by atoms with Crippen LogP contribution in [0.2, 0.25) is 25.1 Å². The number of carbonyl (C=O) groups excluding carboxylic acids is 5. The molecule has 8 aromatic carbocycles. The molecule has 4 unspecified atom stereocenters. The maximum absolute atomic E-state index is 14.5. The first-order valence-corrected chi connectivity index (χ1v) is 51.4. The maximum atomic E-state index is 14.5.